The summed E-state index contributed by atoms with van der Waals surface area (Å²) >= 11 is 0. The van der Waals surface area contributed by atoms with Crippen LogP contribution in [0.15, 0.2) is 47.3 Å². The van der Waals surface area contributed by atoms with Gasteiger partial charge in [0.05, 0.1) is 30.3 Å². The van der Waals surface area contributed by atoms with E-state index in [1.807, 2.05) is 25.1 Å². The van der Waals surface area contributed by atoms with Gasteiger partial charge in [0.1, 0.15) is 5.75 Å². The van der Waals surface area contributed by atoms with E-state index in [2.05, 4.69) is 15.5 Å². The molecule has 1 heterocycles. The minimum absolute atomic E-state index is 0.0500. The molecule has 24 heavy (non-hydrogen) atoms. The molecule has 3 rings (SSSR count). The molecule has 0 saturated carbocycles. The highest BCUT2D eigenvalue weighted by Gasteiger charge is 2.13. The Bertz CT molecular complexity index is 963. The minimum Gasteiger partial charge on any atom is -0.495 e. The Morgan fingerprint density at radius 2 is 1.96 bits per heavy atom. The number of amides is 1. The third kappa shape index (κ3) is 3.12. The second kappa shape index (κ2) is 6.54. The van der Waals surface area contributed by atoms with Crippen molar-refractivity contribution in [2.45, 2.75) is 13.3 Å². The number of hydrogen-bond donors (Lipinski definition) is 2. The van der Waals surface area contributed by atoms with Crippen LogP contribution in [0.25, 0.3) is 10.8 Å². The van der Waals surface area contributed by atoms with Crippen molar-refractivity contribution in [3.63, 3.8) is 0 Å². The molecule has 0 fully saturated rings. The van der Waals surface area contributed by atoms with E-state index in [1.54, 1.807) is 31.4 Å². The van der Waals surface area contributed by atoms with Crippen LogP contribution in [0.4, 0.5) is 5.69 Å². The summed E-state index contributed by atoms with van der Waals surface area (Å²) in [6.45, 7) is 1.94. The van der Waals surface area contributed by atoms with Gasteiger partial charge in [0.25, 0.3) is 5.56 Å². The van der Waals surface area contributed by atoms with Crippen molar-refractivity contribution in [2.75, 3.05) is 12.4 Å². The zero-order valence-electron chi connectivity index (χ0n) is 13.4. The fraction of sp³-hybridized carbons (Fsp3) is 0.167. The van der Waals surface area contributed by atoms with Crippen molar-refractivity contribution in [3.8, 4) is 5.75 Å². The van der Waals surface area contributed by atoms with Crippen LogP contribution in [0.2, 0.25) is 0 Å². The Kier molecular flexibility index (Phi) is 4.29. The smallest absolute Gasteiger partial charge is 0.272 e. The Morgan fingerprint density at radius 1 is 1.21 bits per heavy atom. The molecule has 1 amide bonds. The number of hydrogen-bond acceptors (Lipinski definition) is 4. The molecular formula is C18H17N3O3. The first-order valence-corrected chi connectivity index (χ1v) is 7.49. The first kappa shape index (κ1) is 15.7. The molecule has 0 unspecified atom stereocenters. The van der Waals surface area contributed by atoms with E-state index in [-0.39, 0.29) is 17.9 Å². The first-order valence-electron chi connectivity index (χ1n) is 7.49. The number of nitrogens with one attached hydrogen (secondary N) is 2. The van der Waals surface area contributed by atoms with Crippen molar-refractivity contribution in [2.24, 2.45) is 0 Å². The molecule has 6 heteroatoms. The second-order valence-corrected chi connectivity index (χ2v) is 5.47. The summed E-state index contributed by atoms with van der Waals surface area (Å²) in [5.41, 5.74) is 1.87. The normalized spacial score (nSPS) is 10.6. The Hall–Kier alpha value is -3.15. The van der Waals surface area contributed by atoms with Crippen LogP contribution >= 0.6 is 0 Å². The highest BCUT2D eigenvalue weighted by molar-refractivity contribution is 5.96. The summed E-state index contributed by atoms with van der Waals surface area (Å²) in [7, 11) is 1.55. The third-order valence-corrected chi connectivity index (χ3v) is 3.73. The SMILES string of the molecule is COc1ccc(C)cc1NC(=O)Cc1n[nH]c(=O)c2ccccc12. The number of benzene rings is 2. The highest BCUT2D eigenvalue weighted by atomic mass is 16.5. The zero-order valence-corrected chi connectivity index (χ0v) is 13.4. The van der Waals surface area contributed by atoms with Crippen LogP contribution in [-0.4, -0.2) is 23.2 Å². The van der Waals surface area contributed by atoms with Crippen LogP contribution < -0.4 is 15.6 Å². The molecule has 0 saturated heterocycles. The van der Waals surface area contributed by atoms with Gasteiger partial charge in [-0.15, -0.1) is 0 Å². The average molecular weight is 323 g/mol. The summed E-state index contributed by atoms with van der Waals surface area (Å²) in [6.07, 6.45) is 0.0500. The zero-order chi connectivity index (χ0) is 17.1. The monoisotopic (exact) mass is 323 g/mol. The van der Waals surface area contributed by atoms with Gasteiger partial charge in [-0.3, -0.25) is 9.59 Å². The predicted molar refractivity (Wildman–Crippen MR) is 92.4 cm³/mol. The van der Waals surface area contributed by atoms with Gasteiger partial charge in [-0.05, 0) is 30.7 Å². The number of H-pyrrole nitrogens is 1. The molecule has 0 aliphatic carbocycles. The lowest BCUT2D eigenvalue weighted by atomic mass is 10.1. The number of methoxy groups -OCH3 is 1. The molecule has 6 nitrogen and oxygen atoms in total. The number of aryl methyl sites for hydroxylation is 1. The van der Waals surface area contributed by atoms with Gasteiger partial charge in [0.2, 0.25) is 5.91 Å². The summed E-state index contributed by atoms with van der Waals surface area (Å²) in [4.78, 5) is 24.2. The maximum atomic E-state index is 12.4. The van der Waals surface area contributed by atoms with Crippen LogP contribution in [-0.2, 0) is 11.2 Å². The number of nitrogens with zero attached hydrogens (tertiary/aromatic N) is 1. The summed E-state index contributed by atoms with van der Waals surface area (Å²) in [6, 6.07) is 12.6. The van der Waals surface area contributed by atoms with Gasteiger partial charge in [-0.1, -0.05) is 24.3 Å². The minimum atomic E-state index is -0.268. The molecule has 0 aliphatic heterocycles. The molecule has 0 bridgehead atoms. The van der Waals surface area contributed by atoms with E-state index in [0.29, 0.717) is 27.9 Å². The number of aromatic amines is 1. The number of carbonyl (C=O) groups excluding carboxylic acids is 1. The van der Waals surface area contributed by atoms with E-state index in [4.69, 9.17) is 4.74 Å². The third-order valence-electron chi connectivity index (χ3n) is 3.73. The Morgan fingerprint density at radius 3 is 2.71 bits per heavy atom. The van der Waals surface area contributed by atoms with Gasteiger partial charge in [0, 0.05) is 5.39 Å². The molecule has 0 atom stereocenters. The van der Waals surface area contributed by atoms with Gasteiger partial charge in [-0.2, -0.15) is 5.10 Å². The standard InChI is InChI=1S/C18H17N3O3/c1-11-7-8-16(24-2)15(9-11)19-17(22)10-14-12-5-3-4-6-13(12)18(23)21-20-14/h3-9H,10H2,1-2H3,(H,19,22)(H,21,23). The predicted octanol–water partition coefficient (Wildman–Crippen LogP) is 2.42. The Labute approximate surface area is 138 Å². The van der Waals surface area contributed by atoms with Gasteiger partial charge >= 0.3 is 0 Å². The number of rotatable bonds is 4. The molecule has 0 radical (unpaired) electrons. The topological polar surface area (TPSA) is 84.1 Å². The van der Waals surface area contributed by atoms with Crippen LogP contribution in [0.1, 0.15) is 11.3 Å². The lowest BCUT2D eigenvalue weighted by molar-refractivity contribution is -0.115. The summed E-state index contributed by atoms with van der Waals surface area (Å²) < 4.78 is 5.26. The maximum absolute atomic E-state index is 12.4. The van der Waals surface area contributed by atoms with Gasteiger partial charge in [0.15, 0.2) is 0 Å². The number of ether oxygens (including phenoxy) is 1. The number of aromatic nitrogens is 2. The lowest BCUT2D eigenvalue weighted by Crippen LogP contribution is -2.18. The van der Waals surface area contributed by atoms with Crippen molar-refractivity contribution < 1.29 is 9.53 Å². The number of anilines is 1. The molecule has 0 aliphatic rings. The fourth-order valence-electron chi connectivity index (χ4n) is 2.57. The highest BCUT2D eigenvalue weighted by Crippen LogP contribution is 2.25. The molecule has 0 spiro atoms. The lowest BCUT2D eigenvalue weighted by Gasteiger charge is -2.11. The molecule has 2 N–H and O–H groups in total. The quantitative estimate of drug-likeness (QED) is 0.772. The van der Waals surface area contributed by atoms with Crippen LogP contribution in [0.3, 0.4) is 0 Å². The van der Waals surface area contributed by atoms with Crippen molar-refractivity contribution in [1.82, 2.24) is 10.2 Å². The van der Waals surface area contributed by atoms with Crippen LogP contribution in [0, 0.1) is 6.92 Å². The van der Waals surface area contributed by atoms with E-state index >= 15 is 0 Å². The van der Waals surface area contributed by atoms with E-state index in [1.165, 1.54) is 0 Å². The fourth-order valence-corrected chi connectivity index (χ4v) is 2.57. The molecule has 122 valence electrons. The molecule has 2 aromatic carbocycles. The van der Waals surface area contributed by atoms with E-state index in [0.717, 1.165) is 5.56 Å². The maximum Gasteiger partial charge on any atom is 0.272 e. The van der Waals surface area contributed by atoms with Crippen LogP contribution in [0.5, 0.6) is 5.75 Å². The summed E-state index contributed by atoms with van der Waals surface area (Å²) in [5.74, 6) is 0.358. The van der Waals surface area contributed by atoms with E-state index in [9.17, 15) is 9.59 Å². The first-order chi connectivity index (χ1) is 11.6. The van der Waals surface area contributed by atoms with Crippen molar-refractivity contribution in [3.05, 3.63) is 64.1 Å². The van der Waals surface area contributed by atoms with Gasteiger partial charge < -0.3 is 10.1 Å². The van der Waals surface area contributed by atoms with Gasteiger partial charge in [-0.25, -0.2) is 5.10 Å². The Balaban J connectivity index is 1.88. The molecule has 3 aromatic rings. The summed E-state index contributed by atoms with van der Waals surface area (Å²) in [5, 5.41) is 10.5. The molecule has 1 aromatic heterocycles. The van der Waals surface area contributed by atoms with Crippen molar-refractivity contribution >= 4 is 22.4 Å². The van der Waals surface area contributed by atoms with E-state index < -0.39 is 0 Å². The number of carbonyl (C=O) groups is 1. The number of fused-ring (bicyclic) bond motifs is 1. The average Bonchev–Trinajstić information content (AvgIpc) is 2.58. The molecular weight excluding hydrogens is 306 g/mol. The largest absolute Gasteiger partial charge is 0.495 e. The second-order valence-electron chi connectivity index (χ2n) is 5.47. The van der Waals surface area contributed by atoms with Crippen molar-refractivity contribution in [1.29, 1.82) is 0 Å².